The van der Waals surface area contributed by atoms with Crippen LogP contribution in [0.5, 0.6) is 0 Å². The Morgan fingerprint density at radius 3 is 2.11 bits per heavy atom. The van der Waals surface area contributed by atoms with Crippen LogP contribution in [-0.4, -0.2) is 18.3 Å². The van der Waals surface area contributed by atoms with Gasteiger partial charge in [0.1, 0.15) is 0 Å². The Hall–Kier alpha value is -0.860. The zero-order valence-electron chi connectivity index (χ0n) is 11.7. The predicted octanol–water partition coefficient (Wildman–Crippen LogP) is 2.87. The van der Waals surface area contributed by atoms with Crippen molar-refractivity contribution in [2.45, 2.75) is 55.8 Å². The molecule has 19 heavy (non-hydrogen) atoms. The Morgan fingerprint density at radius 1 is 0.947 bits per heavy atom. The fraction of sp³-hybridized carbons (Fsp3) is 0.647. The van der Waals surface area contributed by atoms with Gasteiger partial charge < -0.3 is 10.8 Å². The Labute approximate surface area is 116 Å². The lowest BCUT2D eigenvalue weighted by Gasteiger charge is -2.37. The minimum Gasteiger partial charge on any atom is -0.395 e. The van der Waals surface area contributed by atoms with Crippen LogP contribution in [0.3, 0.4) is 0 Å². The Bertz CT molecular complexity index is 444. The van der Waals surface area contributed by atoms with Gasteiger partial charge in [0.2, 0.25) is 0 Å². The lowest BCUT2D eigenvalue weighted by atomic mass is 9.69. The molecule has 0 saturated heterocycles. The van der Waals surface area contributed by atoms with Gasteiger partial charge in [-0.15, -0.1) is 0 Å². The zero-order chi connectivity index (χ0) is 13.3. The molecule has 0 heterocycles. The highest BCUT2D eigenvalue weighted by atomic mass is 16.3. The summed E-state index contributed by atoms with van der Waals surface area (Å²) < 4.78 is 0. The summed E-state index contributed by atoms with van der Waals surface area (Å²) in [7, 11) is 0. The summed E-state index contributed by atoms with van der Waals surface area (Å²) in [4.78, 5) is 0. The molecule has 1 aromatic carbocycles. The second kappa shape index (κ2) is 4.92. The Kier molecular flexibility index (Phi) is 3.40. The van der Waals surface area contributed by atoms with Crippen molar-refractivity contribution in [3.63, 3.8) is 0 Å². The minimum atomic E-state index is 0.0699. The topological polar surface area (TPSA) is 46.2 Å². The smallest absolute Gasteiger partial charge is 0.0527 e. The van der Waals surface area contributed by atoms with Gasteiger partial charge in [-0.05, 0) is 36.8 Å². The lowest BCUT2D eigenvalue weighted by Crippen LogP contribution is -2.37. The van der Waals surface area contributed by atoms with Crippen molar-refractivity contribution < 1.29 is 5.11 Å². The van der Waals surface area contributed by atoms with Gasteiger partial charge in [-0.2, -0.15) is 0 Å². The highest BCUT2D eigenvalue weighted by Crippen LogP contribution is 2.49. The average Bonchev–Trinajstić information content (AvgIpc) is 3.29. The number of benzene rings is 1. The largest absolute Gasteiger partial charge is 0.395 e. The van der Waals surface area contributed by atoms with Crippen LogP contribution in [-0.2, 0) is 10.8 Å². The molecule has 1 aromatic rings. The molecular formula is C17H25NO. The molecule has 0 aromatic heterocycles. The van der Waals surface area contributed by atoms with Crippen molar-refractivity contribution in [1.82, 2.24) is 0 Å². The molecule has 2 fully saturated rings. The van der Waals surface area contributed by atoms with E-state index in [1.54, 1.807) is 0 Å². The van der Waals surface area contributed by atoms with Gasteiger partial charge in [0.15, 0.2) is 0 Å². The highest BCUT2D eigenvalue weighted by molar-refractivity contribution is 5.38. The van der Waals surface area contributed by atoms with Crippen LogP contribution >= 0.6 is 0 Å². The molecule has 2 heteroatoms. The number of aliphatic hydroxyl groups is 1. The second-order valence-corrected chi connectivity index (χ2v) is 6.56. The van der Waals surface area contributed by atoms with Gasteiger partial charge >= 0.3 is 0 Å². The van der Waals surface area contributed by atoms with Gasteiger partial charge in [0, 0.05) is 17.4 Å². The standard InChI is InChI=1S/C17H25NO/c18-12-16(7-2-1-3-8-16)14-5-4-6-15(11-14)17(13-19)9-10-17/h4-6,11,19H,1-3,7-10,12-13,18H2. The lowest BCUT2D eigenvalue weighted by molar-refractivity contribution is 0.254. The molecule has 0 unspecified atom stereocenters. The third-order valence-electron chi connectivity index (χ3n) is 5.44. The van der Waals surface area contributed by atoms with Crippen LogP contribution in [0.2, 0.25) is 0 Å². The maximum atomic E-state index is 9.61. The molecule has 0 radical (unpaired) electrons. The van der Waals surface area contributed by atoms with Crippen molar-refractivity contribution in [2.24, 2.45) is 5.73 Å². The number of hydrogen-bond acceptors (Lipinski definition) is 2. The van der Waals surface area contributed by atoms with E-state index in [4.69, 9.17) is 5.73 Å². The average molecular weight is 259 g/mol. The van der Waals surface area contributed by atoms with Crippen LogP contribution in [0.1, 0.15) is 56.1 Å². The van der Waals surface area contributed by atoms with Crippen molar-refractivity contribution in [2.75, 3.05) is 13.2 Å². The number of hydrogen-bond donors (Lipinski definition) is 2. The molecule has 2 nitrogen and oxygen atoms in total. The van der Waals surface area contributed by atoms with Crippen molar-refractivity contribution in [3.8, 4) is 0 Å². The first kappa shape index (κ1) is 13.1. The van der Waals surface area contributed by atoms with E-state index in [9.17, 15) is 5.11 Å². The minimum absolute atomic E-state index is 0.0699. The fourth-order valence-corrected chi connectivity index (χ4v) is 3.71. The van der Waals surface area contributed by atoms with Crippen molar-refractivity contribution in [3.05, 3.63) is 35.4 Å². The highest BCUT2D eigenvalue weighted by Gasteiger charge is 2.44. The van der Waals surface area contributed by atoms with Crippen LogP contribution in [0, 0.1) is 0 Å². The summed E-state index contributed by atoms with van der Waals surface area (Å²) in [5.74, 6) is 0. The van der Waals surface area contributed by atoms with E-state index in [2.05, 4.69) is 24.3 Å². The number of nitrogens with two attached hydrogens (primary N) is 1. The third kappa shape index (κ3) is 2.21. The van der Waals surface area contributed by atoms with Gasteiger partial charge in [-0.1, -0.05) is 43.5 Å². The molecule has 104 valence electrons. The summed E-state index contributed by atoms with van der Waals surface area (Å²) >= 11 is 0. The summed E-state index contributed by atoms with van der Waals surface area (Å²) in [6.07, 6.45) is 8.64. The van der Waals surface area contributed by atoms with Crippen molar-refractivity contribution in [1.29, 1.82) is 0 Å². The first-order valence-electron chi connectivity index (χ1n) is 7.67. The van der Waals surface area contributed by atoms with E-state index in [0.717, 1.165) is 19.4 Å². The first-order valence-corrected chi connectivity index (χ1v) is 7.67. The zero-order valence-corrected chi connectivity index (χ0v) is 11.7. The predicted molar refractivity (Wildman–Crippen MR) is 78.3 cm³/mol. The quantitative estimate of drug-likeness (QED) is 0.873. The fourth-order valence-electron chi connectivity index (χ4n) is 3.71. The Balaban J connectivity index is 1.94. The number of rotatable bonds is 4. The van der Waals surface area contributed by atoms with E-state index in [-0.39, 0.29) is 17.4 Å². The summed E-state index contributed by atoms with van der Waals surface area (Å²) in [6, 6.07) is 8.92. The van der Waals surface area contributed by atoms with Crippen LogP contribution in [0.4, 0.5) is 0 Å². The molecule has 3 rings (SSSR count). The molecule has 0 spiro atoms. The van der Waals surface area contributed by atoms with E-state index in [0.29, 0.717) is 0 Å². The molecule has 3 N–H and O–H groups in total. The van der Waals surface area contributed by atoms with Gasteiger partial charge in [-0.25, -0.2) is 0 Å². The monoisotopic (exact) mass is 259 g/mol. The van der Waals surface area contributed by atoms with Gasteiger partial charge in [0.25, 0.3) is 0 Å². The summed E-state index contributed by atoms with van der Waals surface area (Å²) in [5, 5.41) is 9.61. The molecule has 0 aliphatic heterocycles. The first-order chi connectivity index (χ1) is 9.25. The molecule has 0 bridgehead atoms. The maximum Gasteiger partial charge on any atom is 0.0527 e. The third-order valence-corrected chi connectivity index (χ3v) is 5.44. The second-order valence-electron chi connectivity index (χ2n) is 6.56. The molecule has 2 aliphatic rings. The molecule has 0 atom stereocenters. The van der Waals surface area contributed by atoms with Crippen LogP contribution in [0.15, 0.2) is 24.3 Å². The molecule has 2 aliphatic carbocycles. The number of aliphatic hydroxyl groups excluding tert-OH is 1. The van der Waals surface area contributed by atoms with Crippen molar-refractivity contribution >= 4 is 0 Å². The normalized spacial score (nSPS) is 24.1. The summed E-state index contributed by atoms with van der Waals surface area (Å²) in [6.45, 7) is 1.04. The summed E-state index contributed by atoms with van der Waals surface area (Å²) in [5.41, 5.74) is 9.13. The SMILES string of the molecule is NCC1(c2cccc(C3(CO)CC3)c2)CCCCC1. The molecular weight excluding hydrogens is 234 g/mol. The van der Waals surface area contributed by atoms with E-state index in [1.165, 1.54) is 43.2 Å². The van der Waals surface area contributed by atoms with E-state index >= 15 is 0 Å². The van der Waals surface area contributed by atoms with Crippen LogP contribution in [0.25, 0.3) is 0 Å². The maximum absolute atomic E-state index is 9.61. The van der Waals surface area contributed by atoms with Gasteiger partial charge in [0.05, 0.1) is 6.61 Å². The van der Waals surface area contributed by atoms with Gasteiger partial charge in [-0.3, -0.25) is 0 Å². The molecule has 2 saturated carbocycles. The Morgan fingerprint density at radius 2 is 1.58 bits per heavy atom. The van der Waals surface area contributed by atoms with E-state index < -0.39 is 0 Å². The molecule has 0 amide bonds. The van der Waals surface area contributed by atoms with E-state index in [1.807, 2.05) is 0 Å². The van der Waals surface area contributed by atoms with Crippen LogP contribution < -0.4 is 5.73 Å².